The van der Waals surface area contributed by atoms with Crippen molar-refractivity contribution in [2.45, 2.75) is 6.92 Å². The second kappa shape index (κ2) is 5.72. The van der Waals surface area contributed by atoms with Crippen LogP contribution in [0.25, 0.3) is 0 Å². The second-order valence-corrected chi connectivity index (χ2v) is 3.77. The Morgan fingerprint density at radius 1 is 1.00 bits per heavy atom. The van der Waals surface area contributed by atoms with E-state index in [9.17, 15) is 4.79 Å². The highest BCUT2D eigenvalue weighted by Crippen LogP contribution is 2.16. The van der Waals surface area contributed by atoms with Crippen LogP contribution in [0.3, 0.4) is 0 Å². The van der Waals surface area contributed by atoms with Gasteiger partial charge in [-0.05, 0) is 30.7 Å². The van der Waals surface area contributed by atoms with E-state index in [0.29, 0.717) is 5.75 Å². The number of hydrogen-bond donors (Lipinski definition) is 2. The van der Waals surface area contributed by atoms with Gasteiger partial charge in [0.2, 0.25) is 0 Å². The van der Waals surface area contributed by atoms with Crippen molar-refractivity contribution < 1.29 is 9.53 Å². The predicted molar refractivity (Wildman–Crippen MR) is 70.4 cm³/mol. The smallest absolute Gasteiger partial charge is 0.409 e. The summed E-state index contributed by atoms with van der Waals surface area (Å²) in [5.74, 6) is 0.546. The first-order valence-corrected chi connectivity index (χ1v) is 5.60. The van der Waals surface area contributed by atoms with E-state index in [2.05, 4.69) is 10.9 Å². The molecule has 2 aromatic carbocycles. The molecule has 0 aliphatic heterocycles. The van der Waals surface area contributed by atoms with E-state index in [0.717, 1.165) is 11.3 Å². The zero-order valence-corrected chi connectivity index (χ0v) is 10.0. The fourth-order valence-corrected chi connectivity index (χ4v) is 1.44. The van der Waals surface area contributed by atoms with E-state index in [4.69, 9.17) is 4.74 Å². The molecule has 0 atom stereocenters. The molecule has 0 aromatic heterocycles. The van der Waals surface area contributed by atoms with E-state index >= 15 is 0 Å². The molecule has 0 radical (unpaired) electrons. The van der Waals surface area contributed by atoms with E-state index in [1.807, 2.05) is 55.5 Å². The Kier molecular flexibility index (Phi) is 3.81. The molecule has 92 valence electrons. The number of ether oxygens (including phenoxy) is 1. The van der Waals surface area contributed by atoms with E-state index in [-0.39, 0.29) is 0 Å². The standard InChI is InChI=1S/C14H14N2O2/c1-11-7-5-6-10-13(11)18-14(17)16-15-12-8-3-2-4-9-12/h2-10,15H,1H3,(H,16,17). The number of carbonyl (C=O) groups excluding carboxylic acids is 1. The van der Waals surface area contributed by atoms with Gasteiger partial charge in [0.15, 0.2) is 0 Å². The lowest BCUT2D eigenvalue weighted by molar-refractivity contribution is 0.202. The van der Waals surface area contributed by atoms with Crippen LogP contribution in [0.2, 0.25) is 0 Å². The van der Waals surface area contributed by atoms with Crippen molar-refractivity contribution in [1.29, 1.82) is 0 Å². The van der Waals surface area contributed by atoms with Gasteiger partial charge in [-0.25, -0.2) is 10.2 Å². The molecule has 0 aliphatic carbocycles. The Hall–Kier alpha value is -2.49. The predicted octanol–water partition coefficient (Wildman–Crippen LogP) is 3.11. The van der Waals surface area contributed by atoms with E-state index in [1.165, 1.54) is 0 Å². The highest BCUT2D eigenvalue weighted by atomic mass is 16.6. The Morgan fingerprint density at radius 3 is 2.39 bits per heavy atom. The molecular weight excluding hydrogens is 228 g/mol. The molecule has 0 bridgehead atoms. The normalized spacial score (nSPS) is 9.61. The van der Waals surface area contributed by atoms with Gasteiger partial charge in [-0.3, -0.25) is 5.43 Å². The van der Waals surface area contributed by atoms with Gasteiger partial charge in [0.05, 0.1) is 5.69 Å². The first-order chi connectivity index (χ1) is 8.75. The highest BCUT2D eigenvalue weighted by Gasteiger charge is 2.05. The third-order valence-electron chi connectivity index (χ3n) is 2.38. The van der Waals surface area contributed by atoms with Crippen molar-refractivity contribution in [3.8, 4) is 5.75 Å². The van der Waals surface area contributed by atoms with Crippen molar-refractivity contribution in [2.75, 3.05) is 5.43 Å². The average molecular weight is 242 g/mol. The number of benzene rings is 2. The number of hydrazine groups is 1. The molecule has 0 unspecified atom stereocenters. The minimum atomic E-state index is -0.548. The van der Waals surface area contributed by atoms with Gasteiger partial charge in [-0.15, -0.1) is 0 Å². The number of hydrogen-bond acceptors (Lipinski definition) is 3. The number of anilines is 1. The summed E-state index contributed by atoms with van der Waals surface area (Å²) in [6.45, 7) is 1.88. The lowest BCUT2D eigenvalue weighted by Crippen LogP contribution is -2.32. The molecule has 0 saturated carbocycles. The van der Waals surface area contributed by atoms with Crippen LogP contribution in [-0.2, 0) is 0 Å². The molecule has 0 spiro atoms. The molecule has 0 fully saturated rings. The molecule has 4 heteroatoms. The largest absolute Gasteiger partial charge is 0.431 e. The van der Waals surface area contributed by atoms with Crippen molar-refractivity contribution in [1.82, 2.24) is 5.43 Å². The monoisotopic (exact) mass is 242 g/mol. The summed E-state index contributed by atoms with van der Waals surface area (Å²) in [7, 11) is 0. The van der Waals surface area contributed by atoms with Crippen LogP contribution < -0.4 is 15.6 Å². The summed E-state index contributed by atoms with van der Waals surface area (Å²) in [6.07, 6.45) is -0.548. The topological polar surface area (TPSA) is 50.4 Å². The van der Waals surface area contributed by atoms with Crippen LogP contribution in [0.1, 0.15) is 5.56 Å². The third-order valence-corrected chi connectivity index (χ3v) is 2.38. The van der Waals surface area contributed by atoms with Crippen LogP contribution in [0.4, 0.5) is 10.5 Å². The Bertz CT molecular complexity index is 526. The minimum absolute atomic E-state index is 0.546. The fraction of sp³-hybridized carbons (Fsp3) is 0.0714. The first-order valence-electron chi connectivity index (χ1n) is 5.60. The van der Waals surface area contributed by atoms with Crippen LogP contribution in [0.15, 0.2) is 54.6 Å². The van der Waals surface area contributed by atoms with Crippen LogP contribution in [0, 0.1) is 6.92 Å². The number of amides is 1. The highest BCUT2D eigenvalue weighted by molar-refractivity contribution is 5.72. The molecule has 1 amide bonds. The van der Waals surface area contributed by atoms with Crippen LogP contribution >= 0.6 is 0 Å². The zero-order valence-electron chi connectivity index (χ0n) is 10.0. The number of para-hydroxylation sites is 2. The summed E-state index contributed by atoms with van der Waals surface area (Å²) in [5, 5.41) is 0. The summed E-state index contributed by atoms with van der Waals surface area (Å²) < 4.78 is 5.15. The summed E-state index contributed by atoms with van der Waals surface area (Å²) in [4.78, 5) is 11.5. The SMILES string of the molecule is Cc1ccccc1OC(=O)NNc1ccccc1. The quantitative estimate of drug-likeness (QED) is 0.813. The maximum atomic E-state index is 11.5. The van der Waals surface area contributed by atoms with Gasteiger partial charge < -0.3 is 4.74 Å². The molecule has 2 N–H and O–H groups in total. The number of rotatable bonds is 3. The maximum absolute atomic E-state index is 11.5. The van der Waals surface area contributed by atoms with Gasteiger partial charge >= 0.3 is 6.09 Å². The third kappa shape index (κ3) is 3.25. The van der Waals surface area contributed by atoms with Gasteiger partial charge in [0, 0.05) is 0 Å². The summed E-state index contributed by atoms with van der Waals surface area (Å²) >= 11 is 0. The average Bonchev–Trinajstić information content (AvgIpc) is 2.40. The van der Waals surface area contributed by atoms with Gasteiger partial charge in [0.25, 0.3) is 0 Å². The summed E-state index contributed by atoms with van der Waals surface area (Å²) in [6, 6.07) is 16.7. The minimum Gasteiger partial charge on any atom is -0.409 e. The maximum Gasteiger partial charge on any atom is 0.431 e. The van der Waals surface area contributed by atoms with Crippen molar-refractivity contribution in [3.05, 3.63) is 60.2 Å². The van der Waals surface area contributed by atoms with Crippen LogP contribution in [-0.4, -0.2) is 6.09 Å². The number of aryl methyl sites for hydroxylation is 1. The first kappa shape index (κ1) is 12.0. The molecule has 2 rings (SSSR count). The molecule has 4 nitrogen and oxygen atoms in total. The van der Waals surface area contributed by atoms with E-state index < -0.39 is 6.09 Å². The zero-order chi connectivity index (χ0) is 12.8. The molecule has 0 heterocycles. The molecular formula is C14H14N2O2. The Morgan fingerprint density at radius 2 is 1.67 bits per heavy atom. The fourth-order valence-electron chi connectivity index (χ4n) is 1.44. The lowest BCUT2D eigenvalue weighted by atomic mass is 10.2. The summed E-state index contributed by atoms with van der Waals surface area (Å²) in [5.41, 5.74) is 6.92. The van der Waals surface area contributed by atoms with E-state index in [1.54, 1.807) is 6.07 Å². The van der Waals surface area contributed by atoms with Crippen molar-refractivity contribution in [2.24, 2.45) is 0 Å². The Labute approximate surface area is 106 Å². The molecule has 2 aromatic rings. The van der Waals surface area contributed by atoms with Crippen molar-refractivity contribution in [3.63, 3.8) is 0 Å². The second-order valence-electron chi connectivity index (χ2n) is 3.77. The number of nitrogens with one attached hydrogen (secondary N) is 2. The van der Waals surface area contributed by atoms with Gasteiger partial charge in [-0.1, -0.05) is 36.4 Å². The Balaban J connectivity index is 1.88. The van der Waals surface area contributed by atoms with Crippen molar-refractivity contribution >= 4 is 11.8 Å². The van der Waals surface area contributed by atoms with Gasteiger partial charge in [0.1, 0.15) is 5.75 Å². The molecule has 0 aliphatic rings. The molecule has 18 heavy (non-hydrogen) atoms. The lowest BCUT2D eigenvalue weighted by Gasteiger charge is -2.10. The van der Waals surface area contributed by atoms with Gasteiger partial charge in [-0.2, -0.15) is 0 Å². The molecule has 0 saturated heterocycles. The number of carbonyl (C=O) groups is 1. The van der Waals surface area contributed by atoms with Crippen LogP contribution in [0.5, 0.6) is 5.75 Å².